The largest absolute Gasteiger partial charge is 0.444 e. The number of carbonyl (C=O) groups is 1. The molecule has 0 aromatic rings. The van der Waals surface area contributed by atoms with E-state index in [-0.39, 0.29) is 36.1 Å². The number of ether oxygens (including phenoxy) is 1. The number of piperidine rings is 1. The van der Waals surface area contributed by atoms with E-state index in [1.807, 2.05) is 20.8 Å². The van der Waals surface area contributed by atoms with Crippen LogP contribution >= 0.6 is 24.0 Å². The number of hydrogen-bond donors (Lipinski definition) is 3. The van der Waals surface area contributed by atoms with Crippen molar-refractivity contribution in [3.05, 3.63) is 12.2 Å². The molecule has 1 rings (SSSR count). The number of nitrogens with one attached hydrogen (secondary N) is 3. The van der Waals surface area contributed by atoms with Gasteiger partial charge in [0.2, 0.25) is 0 Å². The minimum atomic E-state index is -0.495. The van der Waals surface area contributed by atoms with Gasteiger partial charge in [0.05, 0.1) is 0 Å². The maximum Gasteiger partial charge on any atom is 0.407 e. The minimum absolute atomic E-state index is 0. The highest BCUT2D eigenvalue weighted by molar-refractivity contribution is 14.0. The summed E-state index contributed by atoms with van der Waals surface area (Å²) >= 11 is 0. The highest BCUT2D eigenvalue weighted by atomic mass is 127. The summed E-state index contributed by atoms with van der Waals surface area (Å²) in [6.45, 7) is 17.5. The molecule has 0 radical (unpaired) electrons. The Morgan fingerprint density at radius 2 is 1.93 bits per heavy atom. The number of alkyl carbamates (subject to hydrolysis) is 1. The Hall–Kier alpha value is -1.03. The number of carbonyl (C=O) groups excluding carboxylic acids is 1. The standard InChI is InChI=1S/C21H41N5O2.HI/c1-8-9-18(25-20(27)28-21(4,5)6)14-23-19(22-7)24-17-10-12-26(13-11-17)15-16(2)3;/h17-18H,2,8-15H2,1,3-7H3,(H,25,27)(H2,22,23,24);1H. The Kier molecular flexibility index (Phi) is 13.6. The lowest BCUT2D eigenvalue weighted by Crippen LogP contribution is -2.52. The van der Waals surface area contributed by atoms with Crippen LogP contribution in [0.15, 0.2) is 17.1 Å². The first-order chi connectivity index (χ1) is 13.1. The minimum Gasteiger partial charge on any atom is -0.444 e. The molecule has 0 saturated carbocycles. The predicted molar refractivity (Wildman–Crippen MR) is 132 cm³/mol. The second-order valence-corrected chi connectivity index (χ2v) is 8.74. The Balaban J connectivity index is 0.00000784. The number of amides is 1. The number of likely N-dealkylation sites (tertiary alicyclic amines) is 1. The first kappa shape index (κ1) is 28.0. The molecule has 1 heterocycles. The van der Waals surface area contributed by atoms with Gasteiger partial charge in [0.25, 0.3) is 0 Å². The van der Waals surface area contributed by atoms with Crippen molar-refractivity contribution in [3.63, 3.8) is 0 Å². The number of halogens is 1. The summed E-state index contributed by atoms with van der Waals surface area (Å²) in [6.07, 6.45) is 3.66. The molecule has 29 heavy (non-hydrogen) atoms. The van der Waals surface area contributed by atoms with E-state index in [2.05, 4.69) is 46.3 Å². The molecule has 8 heteroatoms. The molecule has 0 aromatic carbocycles. The Bertz CT molecular complexity index is 526. The van der Waals surface area contributed by atoms with Gasteiger partial charge in [-0.05, 0) is 47.0 Å². The molecule has 1 aliphatic rings. The molecule has 1 unspecified atom stereocenters. The molecule has 1 fully saturated rings. The lowest BCUT2D eigenvalue weighted by atomic mass is 10.0. The van der Waals surface area contributed by atoms with E-state index in [1.165, 1.54) is 5.57 Å². The van der Waals surface area contributed by atoms with Crippen LogP contribution in [0.5, 0.6) is 0 Å². The van der Waals surface area contributed by atoms with Crippen molar-refractivity contribution < 1.29 is 9.53 Å². The van der Waals surface area contributed by atoms with Crippen LogP contribution in [-0.2, 0) is 4.74 Å². The highest BCUT2D eigenvalue weighted by Gasteiger charge is 2.21. The van der Waals surface area contributed by atoms with Crippen molar-refractivity contribution in [2.24, 2.45) is 4.99 Å². The molecular weight excluding hydrogens is 481 g/mol. The van der Waals surface area contributed by atoms with Gasteiger partial charge in [0, 0.05) is 45.3 Å². The van der Waals surface area contributed by atoms with E-state index in [9.17, 15) is 4.79 Å². The lowest BCUT2D eigenvalue weighted by molar-refractivity contribution is 0.0502. The molecule has 1 amide bonds. The first-order valence-corrected chi connectivity index (χ1v) is 10.5. The van der Waals surface area contributed by atoms with Crippen LogP contribution in [0.3, 0.4) is 0 Å². The summed E-state index contributed by atoms with van der Waals surface area (Å²) in [6, 6.07) is 0.409. The fourth-order valence-electron chi connectivity index (χ4n) is 3.27. The lowest BCUT2D eigenvalue weighted by Gasteiger charge is -2.33. The zero-order valence-corrected chi connectivity index (χ0v) is 21.5. The molecule has 0 bridgehead atoms. The van der Waals surface area contributed by atoms with E-state index in [1.54, 1.807) is 7.05 Å². The fraction of sp³-hybridized carbons (Fsp3) is 0.810. The number of nitrogens with zero attached hydrogens (tertiary/aromatic N) is 2. The van der Waals surface area contributed by atoms with Crippen LogP contribution in [0.25, 0.3) is 0 Å². The molecule has 1 atom stereocenters. The molecule has 1 aliphatic heterocycles. The molecule has 7 nitrogen and oxygen atoms in total. The summed E-state index contributed by atoms with van der Waals surface area (Å²) in [4.78, 5) is 18.9. The number of guanidine groups is 1. The maximum absolute atomic E-state index is 12.1. The zero-order valence-electron chi connectivity index (χ0n) is 19.1. The van der Waals surface area contributed by atoms with Gasteiger partial charge in [-0.2, -0.15) is 0 Å². The zero-order chi connectivity index (χ0) is 21.2. The van der Waals surface area contributed by atoms with Gasteiger partial charge in [-0.25, -0.2) is 4.79 Å². The van der Waals surface area contributed by atoms with Crippen molar-refractivity contribution in [2.75, 3.05) is 33.2 Å². The van der Waals surface area contributed by atoms with Crippen LogP contribution in [-0.4, -0.2) is 67.9 Å². The number of rotatable bonds is 8. The van der Waals surface area contributed by atoms with Crippen molar-refractivity contribution in [3.8, 4) is 0 Å². The van der Waals surface area contributed by atoms with Gasteiger partial charge in [-0.3, -0.25) is 9.89 Å². The third kappa shape index (κ3) is 13.0. The average molecular weight is 524 g/mol. The Morgan fingerprint density at radius 1 is 1.31 bits per heavy atom. The van der Waals surface area contributed by atoms with Gasteiger partial charge in [-0.1, -0.05) is 25.5 Å². The van der Waals surface area contributed by atoms with E-state index in [4.69, 9.17) is 4.74 Å². The molecule has 3 N–H and O–H groups in total. The number of hydrogen-bond acceptors (Lipinski definition) is 4. The van der Waals surface area contributed by atoms with Crippen molar-refractivity contribution in [2.45, 2.75) is 78.0 Å². The van der Waals surface area contributed by atoms with E-state index < -0.39 is 5.60 Å². The van der Waals surface area contributed by atoms with Crippen LogP contribution < -0.4 is 16.0 Å². The second-order valence-electron chi connectivity index (χ2n) is 8.74. The van der Waals surface area contributed by atoms with Gasteiger partial charge in [0.15, 0.2) is 5.96 Å². The molecule has 0 aromatic heterocycles. The van der Waals surface area contributed by atoms with Gasteiger partial charge in [0.1, 0.15) is 5.60 Å². The van der Waals surface area contributed by atoms with Crippen LogP contribution in [0.2, 0.25) is 0 Å². The highest BCUT2D eigenvalue weighted by Crippen LogP contribution is 2.11. The summed E-state index contributed by atoms with van der Waals surface area (Å²) in [5.74, 6) is 0.783. The fourth-order valence-corrected chi connectivity index (χ4v) is 3.27. The van der Waals surface area contributed by atoms with E-state index >= 15 is 0 Å². The maximum atomic E-state index is 12.1. The summed E-state index contributed by atoms with van der Waals surface area (Å²) in [7, 11) is 1.78. The summed E-state index contributed by atoms with van der Waals surface area (Å²) in [5, 5.41) is 9.83. The Morgan fingerprint density at radius 3 is 2.41 bits per heavy atom. The third-order valence-electron chi connectivity index (χ3n) is 4.52. The topological polar surface area (TPSA) is 78.0 Å². The predicted octanol–water partition coefficient (Wildman–Crippen LogP) is 3.50. The molecule has 170 valence electrons. The molecule has 1 saturated heterocycles. The SMILES string of the molecule is C=C(C)CN1CCC(NC(=NC)NCC(CCC)NC(=O)OC(C)(C)C)CC1.I. The van der Waals surface area contributed by atoms with Crippen molar-refractivity contribution in [1.82, 2.24) is 20.9 Å². The summed E-state index contributed by atoms with van der Waals surface area (Å²) in [5.41, 5.74) is 0.716. The monoisotopic (exact) mass is 523 g/mol. The van der Waals surface area contributed by atoms with Crippen LogP contribution in [0, 0.1) is 0 Å². The van der Waals surface area contributed by atoms with Gasteiger partial charge >= 0.3 is 6.09 Å². The summed E-state index contributed by atoms with van der Waals surface area (Å²) < 4.78 is 5.37. The quantitative estimate of drug-likeness (QED) is 0.197. The molecular formula is C21H42IN5O2. The third-order valence-corrected chi connectivity index (χ3v) is 4.52. The smallest absolute Gasteiger partial charge is 0.407 e. The van der Waals surface area contributed by atoms with Crippen LogP contribution in [0.4, 0.5) is 4.79 Å². The molecule has 0 aliphatic carbocycles. The molecule has 0 spiro atoms. The van der Waals surface area contributed by atoms with E-state index in [0.29, 0.717) is 12.6 Å². The van der Waals surface area contributed by atoms with Gasteiger partial charge < -0.3 is 20.7 Å². The normalized spacial score (nSPS) is 17.1. The van der Waals surface area contributed by atoms with Crippen molar-refractivity contribution in [1.29, 1.82) is 0 Å². The first-order valence-electron chi connectivity index (χ1n) is 10.5. The second kappa shape index (κ2) is 14.1. The van der Waals surface area contributed by atoms with Gasteiger partial charge in [-0.15, -0.1) is 24.0 Å². The van der Waals surface area contributed by atoms with E-state index in [0.717, 1.165) is 51.3 Å². The van der Waals surface area contributed by atoms with Crippen molar-refractivity contribution >= 4 is 36.0 Å². The van der Waals surface area contributed by atoms with Crippen LogP contribution in [0.1, 0.15) is 60.3 Å². The number of aliphatic imine (C=N–C) groups is 1. The average Bonchev–Trinajstić information content (AvgIpc) is 2.58. The Labute approximate surface area is 194 Å².